The van der Waals surface area contributed by atoms with Crippen LogP contribution >= 0.6 is 0 Å². The van der Waals surface area contributed by atoms with Crippen LogP contribution in [0.4, 0.5) is 5.69 Å². The number of anilines is 1. The van der Waals surface area contributed by atoms with Gasteiger partial charge in [-0.3, -0.25) is 0 Å². The van der Waals surface area contributed by atoms with Crippen molar-refractivity contribution < 1.29 is 0 Å². The van der Waals surface area contributed by atoms with Gasteiger partial charge in [0.05, 0.1) is 0 Å². The number of aryl methyl sites for hydroxylation is 1. The van der Waals surface area contributed by atoms with E-state index in [9.17, 15) is 0 Å². The van der Waals surface area contributed by atoms with Gasteiger partial charge in [0.2, 0.25) is 0 Å². The zero-order chi connectivity index (χ0) is 10.7. The smallest absolute Gasteiger partial charge is 0.0375 e. The molecule has 1 heterocycles. The molecule has 2 N–H and O–H groups in total. The number of benzene rings is 1. The molecular weight excluding hydrogens is 184 g/mol. The van der Waals surface area contributed by atoms with Gasteiger partial charge in [-0.05, 0) is 57.0 Å². The summed E-state index contributed by atoms with van der Waals surface area (Å²) in [4.78, 5) is 0. The maximum atomic E-state index is 3.48. The summed E-state index contributed by atoms with van der Waals surface area (Å²) in [6.07, 6.45) is 3.58. The average molecular weight is 204 g/mol. The molecule has 15 heavy (non-hydrogen) atoms. The largest absolute Gasteiger partial charge is 0.382 e. The summed E-state index contributed by atoms with van der Waals surface area (Å²) in [5.74, 6) is 0. The fourth-order valence-corrected chi connectivity index (χ4v) is 2.23. The van der Waals surface area contributed by atoms with Gasteiger partial charge in [-0.25, -0.2) is 0 Å². The van der Waals surface area contributed by atoms with Crippen LogP contribution in [0.3, 0.4) is 0 Å². The fraction of sp³-hybridized carbons (Fsp3) is 0.538. The summed E-state index contributed by atoms with van der Waals surface area (Å²) >= 11 is 0. The standard InChI is InChI=1S/C13H20N2/c1-10-8-12-9-11(4-3-7-14-2)5-6-13(12)15-10/h5-6,9-10,14-15H,3-4,7-8H2,1-2H3. The Kier molecular flexibility index (Phi) is 3.27. The molecule has 82 valence electrons. The molecule has 1 unspecified atom stereocenters. The van der Waals surface area contributed by atoms with Gasteiger partial charge in [0.25, 0.3) is 0 Å². The second-order valence-corrected chi connectivity index (χ2v) is 4.45. The van der Waals surface area contributed by atoms with Crippen molar-refractivity contribution in [2.24, 2.45) is 0 Å². The van der Waals surface area contributed by atoms with E-state index in [1.54, 1.807) is 0 Å². The lowest BCUT2D eigenvalue weighted by Gasteiger charge is -2.04. The van der Waals surface area contributed by atoms with Gasteiger partial charge in [0.1, 0.15) is 0 Å². The summed E-state index contributed by atoms with van der Waals surface area (Å²) < 4.78 is 0. The molecule has 0 saturated carbocycles. The van der Waals surface area contributed by atoms with Crippen molar-refractivity contribution in [2.45, 2.75) is 32.2 Å². The molecule has 2 rings (SSSR count). The summed E-state index contributed by atoms with van der Waals surface area (Å²) in [6.45, 7) is 3.34. The highest BCUT2D eigenvalue weighted by atomic mass is 14.9. The van der Waals surface area contributed by atoms with Crippen molar-refractivity contribution >= 4 is 5.69 Å². The van der Waals surface area contributed by atoms with Crippen LogP contribution in [-0.2, 0) is 12.8 Å². The second kappa shape index (κ2) is 4.67. The molecule has 1 aromatic rings. The summed E-state index contributed by atoms with van der Waals surface area (Å²) in [6, 6.07) is 7.45. The topological polar surface area (TPSA) is 24.1 Å². The van der Waals surface area contributed by atoms with Gasteiger partial charge in [-0.1, -0.05) is 12.1 Å². The van der Waals surface area contributed by atoms with Crippen LogP contribution in [0.15, 0.2) is 18.2 Å². The minimum absolute atomic E-state index is 0.604. The van der Waals surface area contributed by atoms with Crippen molar-refractivity contribution in [1.82, 2.24) is 5.32 Å². The third-order valence-electron chi connectivity index (χ3n) is 2.99. The van der Waals surface area contributed by atoms with Gasteiger partial charge in [-0.2, -0.15) is 0 Å². The number of nitrogens with one attached hydrogen (secondary N) is 2. The van der Waals surface area contributed by atoms with Crippen molar-refractivity contribution in [3.8, 4) is 0 Å². The predicted octanol–water partition coefficient (Wildman–Crippen LogP) is 2.20. The molecule has 1 aliphatic heterocycles. The molecule has 2 nitrogen and oxygen atoms in total. The monoisotopic (exact) mass is 204 g/mol. The predicted molar refractivity (Wildman–Crippen MR) is 65.5 cm³/mol. The molecule has 1 aromatic carbocycles. The van der Waals surface area contributed by atoms with E-state index in [0.29, 0.717) is 6.04 Å². The molecule has 0 aliphatic carbocycles. The lowest BCUT2D eigenvalue weighted by molar-refractivity contribution is 0.724. The normalized spacial score (nSPS) is 18.7. The maximum Gasteiger partial charge on any atom is 0.0375 e. The number of fused-ring (bicyclic) bond motifs is 1. The Bertz CT molecular complexity index is 333. The Morgan fingerprint density at radius 3 is 3.13 bits per heavy atom. The van der Waals surface area contributed by atoms with Crippen LogP contribution in [0.5, 0.6) is 0 Å². The number of rotatable bonds is 4. The fourth-order valence-electron chi connectivity index (χ4n) is 2.23. The second-order valence-electron chi connectivity index (χ2n) is 4.45. The van der Waals surface area contributed by atoms with E-state index in [0.717, 1.165) is 6.54 Å². The molecule has 0 saturated heterocycles. The summed E-state index contributed by atoms with van der Waals surface area (Å²) in [5.41, 5.74) is 4.30. The molecule has 1 atom stereocenters. The first-order valence-electron chi connectivity index (χ1n) is 5.82. The highest BCUT2D eigenvalue weighted by molar-refractivity contribution is 5.57. The molecule has 2 heteroatoms. The van der Waals surface area contributed by atoms with Crippen molar-refractivity contribution in [2.75, 3.05) is 18.9 Å². The van der Waals surface area contributed by atoms with Crippen LogP contribution in [0.25, 0.3) is 0 Å². The first kappa shape index (κ1) is 10.5. The van der Waals surface area contributed by atoms with Crippen LogP contribution in [0, 0.1) is 0 Å². The van der Waals surface area contributed by atoms with Crippen LogP contribution in [0.2, 0.25) is 0 Å². The van der Waals surface area contributed by atoms with Gasteiger partial charge < -0.3 is 10.6 Å². The minimum atomic E-state index is 0.604. The van der Waals surface area contributed by atoms with Crippen LogP contribution in [-0.4, -0.2) is 19.6 Å². The summed E-state index contributed by atoms with van der Waals surface area (Å²) in [7, 11) is 2.01. The van der Waals surface area contributed by atoms with Crippen LogP contribution < -0.4 is 10.6 Å². The SMILES string of the molecule is CNCCCc1ccc2c(c1)CC(C)N2. The third-order valence-corrected chi connectivity index (χ3v) is 2.99. The molecule has 0 radical (unpaired) electrons. The first-order valence-corrected chi connectivity index (χ1v) is 5.82. The van der Waals surface area contributed by atoms with E-state index in [1.807, 2.05) is 7.05 Å². The third kappa shape index (κ3) is 2.51. The molecule has 1 aliphatic rings. The van der Waals surface area contributed by atoms with E-state index in [4.69, 9.17) is 0 Å². The average Bonchev–Trinajstić information content (AvgIpc) is 2.57. The zero-order valence-electron chi connectivity index (χ0n) is 9.64. The van der Waals surface area contributed by atoms with Crippen LogP contribution in [0.1, 0.15) is 24.5 Å². The Morgan fingerprint density at radius 2 is 2.33 bits per heavy atom. The lowest BCUT2D eigenvalue weighted by atomic mass is 10.0. The Hall–Kier alpha value is -1.02. The highest BCUT2D eigenvalue weighted by Gasteiger charge is 2.16. The Morgan fingerprint density at radius 1 is 1.47 bits per heavy atom. The quantitative estimate of drug-likeness (QED) is 0.735. The minimum Gasteiger partial charge on any atom is -0.382 e. The van der Waals surface area contributed by atoms with E-state index < -0.39 is 0 Å². The van der Waals surface area contributed by atoms with Gasteiger partial charge in [0.15, 0.2) is 0 Å². The molecule has 0 aromatic heterocycles. The van der Waals surface area contributed by atoms with E-state index in [-0.39, 0.29) is 0 Å². The van der Waals surface area contributed by atoms with Crippen molar-refractivity contribution in [1.29, 1.82) is 0 Å². The Labute approximate surface area is 92.1 Å². The van der Waals surface area contributed by atoms with E-state index in [1.165, 1.54) is 36.1 Å². The summed E-state index contributed by atoms with van der Waals surface area (Å²) in [5, 5.41) is 6.66. The molecular formula is C13H20N2. The molecule has 0 spiro atoms. The van der Waals surface area contributed by atoms with Gasteiger partial charge in [0, 0.05) is 11.7 Å². The molecule has 0 fully saturated rings. The van der Waals surface area contributed by atoms with E-state index >= 15 is 0 Å². The number of hydrogen-bond donors (Lipinski definition) is 2. The van der Waals surface area contributed by atoms with Gasteiger partial charge in [-0.15, -0.1) is 0 Å². The zero-order valence-corrected chi connectivity index (χ0v) is 9.64. The first-order chi connectivity index (χ1) is 7.29. The number of hydrogen-bond acceptors (Lipinski definition) is 2. The Balaban J connectivity index is 2.00. The highest BCUT2D eigenvalue weighted by Crippen LogP contribution is 2.26. The maximum absolute atomic E-state index is 3.48. The van der Waals surface area contributed by atoms with Crippen molar-refractivity contribution in [3.05, 3.63) is 29.3 Å². The van der Waals surface area contributed by atoms with Gasteiger partial charge >= 0.3 is 0 Å². The lowest BCUT2D eigenvalue weighted by Crippen LogP contribution is -2.08. The molecule has 0 bridgehead atoms. The molecule has 0 amide bonds. The van der Waals surface area contributed by atoms with E-state index in [2.05, 4.69) is 35.8 Å². The van der Waals surface area contributed by atoms with Crippen molar-refractivity contribution in [3.63, 3.8) is 0 Å².